The molecule has 38 heavy (non-hydrogen) atoms. The summed E-state index contributed by atoms with van der Waals surface area (Å²) in [5, 5.41) is 11.2. The van der Waals surface area contributed by atoms with Gasteiger partial charge in [0.05, 0.1) is 12.8 Å². The molecule has 3 aromatic rings. The van der Waals surface area contributed by atoms with Gasteiger partial charge in [-0.2, -0.15) is 10.2 Å². The normalized spacial score (nSPS) is 19.4. The van der Waals surface area contributed by atoms with Crippen LogP contribution in [0, 0.1) is 5.92 Å². The van der Waals surface area contributed by atoms with Gasteiger partial charge < -0.3 is 9.30 Å². The van der Waals surface area contributed by atoms with E-state index in [1.54, 1.807) is 18.3 Å². The van der Waals surface area contributed by atoms with Crippen molar-refractivity contribution in [3.8, 4) is 5.75 Å². The molecule has 0 unspecified atom stereocenters. The van der Waals surface area contributed by atoms with E-state index in [9.17, 15) is 9.59 Å². The monoisotopic (exact) mass is 516 g/mol. The van der Waals surface area contributed by atoms with Crippen LogP contribution in [0.1, 0.15) is 73.0 Å². The Morgan fingerprint density at radius 1 is 1.21 bits per heavy atom. The second-order valence-corrected chi connectivity index (χ2v) is 11.3. The Kier molecular flexibility index (Phi) is 7.21. The molecule has 1 fully saturated rings. The van der Waals surface area contributed by atoms with Crippen LogP contribution in [-0.4, -0.2) is 51.5 Å². The van der Waals surface area contributed by atoms with E-state index in [2.05, 4.69) is 58.5 Å². The topological polar surface area (TPSA) is 105 Å². The molecule has 1 amide bonds. The number of H-pyrrole nitrogens is 1. The van der Waals surface area contributed by atoms with Crippen molar-refractivity contribution < 1.29 is 9.53 Å². The van der Waals surface area contributed by atoms with E-state index in [1.807, 2.05) is 29.7 Å². The molecule has 2 atom stereocenters. The summed E-state index contributed by atoms with van der Waals surface area (Å²) in [6, 6.07) is 13.3. The zero-order valence-corrected chi connectivity index (χ0v) is 22.5. The number of nitrogens with zero attached hydrogens (tertiary/aromatic N) is 4. The number of nitrogens with one attached hydrogen (secondary N) is 2. The quantitative estimate of drug-likeness (QED) is 0.369. The molecule has 9 heteroatoms. The Bertz CT molecular complexity index is 1400. The van der Waals surface area contributed by atoms with Crippen LogP contribution >= 0.6 is 0 Å². The maximum Gasteiger partial charge on any atom is 0.291 e. The number of fused-ring (bicyclic) bond motifs is 4. The number of likely N-dealkylation sites (tertiary alicyclic amines) is 1. The first-order chi connectivity index (χ1) is 18.2. The zero-order valence-electron chi connectivity index (χ0n) is 22.5. The van der Waals surface area contributed by atoms with E-state index >= 15 is 0 Å². The lowest BCUT2D eigenvalue weighted by atomic mass is 9.83. The summed E-state index contributed by atoms with van der Waals surface area (Å²) < 4.78 is 7.89. The highest BCUT2D eigenvalue weighted by Gasteiger charge is 2.34. The number of aromatic nitrogens is 3. The average molecular weight is 517 g/mol. The number of hydrogen-bond donors (Lipinski definition) is 2. The number of aromatic amines is 1. The average Bonchev–Trinajstić information content (AvgIpc) is 3.38. The van der Waals surface area contributed by atoms with Crippen LogP contribution in [0.15, 0.2) is 52.4 Å². The second kappa shape index (κ2) is 10.6. The minimum absolute atomic E-state index is 0.102. The standard InChI is InChI=1S/C29H36N6O3/c1-5-38-25-10-9-19(14-30-33-28(37)23-13-26(32-31-23)29(2,3)4)11-22(25)18-34-15-20-12-21(17-34)24-7-6-8-27(36)35(24)16-20/h6-11,13-14,20-21H,5,12,15-18H2,1-4H3,(H,31,32)(H,33,37)/b30-14-/t20-,21+/m1/s1. The Morgan fingerprint density at radius 3 is 2.82 bits per heavy atom. The van der Waals surface area contributed by atoms with Gasteiger partial charge in [-0.25, -0.2) is 5.43 Å². The third-order valence-corrected chi connectivity index (χ3v) is 7.33. The second-order valence-electron chi connectivity index (χ2n) is 11.3. The summed E-state index contributed by atoms with van der Waals surface area (Å²) in [7, 11) is 0. The summed E-state index contributed by atoms with van der Waals surface area (Å²) in [5.74, 6) is 1.30. The number of carbonyl (C=O) groups is 1. The van der Waals surface area contributed by atoms with E-state index in [0.717, 1.165) is 60.9 Å². The largest absolute Gasteiger partial charge is 0.494 e. The smallest absolute Gasteiger partial charge is 0.291 e. The summed E-state index contributed by atoms with van der Waals surface area (Å²) in [4.78, 5) is 27.3. The lowest BCUT2D eigenvalue weighted by Crippen LogP contribution is -2.46. The van der Waals surface area contributed by atoms with Gasteiger partial charge in [-0.1, -0.05) is 26.8 Å². The number of carbonyl (C=O) groups excluding carboxylic acids is 1. The van der Waals surface area contributed by atoms with Crippen molar-refractivity contribution in [2.45, 2.75) is 58.5 Å². The Balaban J connectivity index is 1.28. The molecule has 2 N–H and O–H groups in total. The summed E-state index contributed by atoms with van der Waals surface area (Å²) in [6.07, 6.45) is 2.76. The Morgan fingerprint density at radius 2 is 2.05 bits per heavy atom. The zero-order chi connectivity index (χ0) is 26.9. The fourth-order valence-corrected chi connectivity index (χ4v) is 5.51. The van der Waals surface area contributed by atoms with Crippen LogP contribution in [0.3, 0.4) is 0 Å². The summed E-state index contributed by atoms with van der Waals surface area (Å²) >= 11 is 0. The lowest BCUT2D eigenvalue weighted by molar-refractivity contribution is 0.0950. The van der Waals surface area contributed by atoms with Crippen LogP contribution in [-0.2, 0) is 18.5 Å². The molecular weight excluding hydrogens is 480 g/mol. The molecule has 0 spiro atoms. The predicted molar refractivity (Wildman–Crippen MR) is 147 cm³/mol. The number of piperidine rings is 1. The van der Waals surface area contributed by atoms with Crippen molar-refractivity contribution >= 4 is 12.1 Å². The van der Waals surface area contributed by atoms with Crippen molar-refractivity contribution in [3.63, 3.8) is 0 Å². The molecule has 4 heterocycles. The molecule has 1 saturated heterocycles. The minimum Gasteiger partial charge on any atom is -0.494 e. The van der Waals surface area contributed by atoms with Gasteiger partial charge >= 0.3 is 0 Å². The van der Waals surface area contributed by atoms with Crippen LogP contribution in [0.5, 0.6) is 5.75 Å². The van der Waals surface area contributed by atoms with E-state index in [4.69, 9.17) is 4.74 Å². The van der Waals surface area contributed by atoms with Gasteiger partial charge in [-0.3, -0.25) is 19.6 Å². The molecule has 5 rings (SSSR count). The van der Waals surface area contributed by atoms with Crippen molar-refractivity contribution in [1.82, 2.24) is 25.1 Å². The number of hydrogen-bond acceptors (Lipinski definition) is 6. The predicted octanol–water partition coefficient (Wildman–Crippen LogP) is 3.65. The first-order valence-electron chi connectivity index (χ1n) is 13.3. The fraction of sp³-hybridized carbons (Fsp3) is 0.448. The molecule has 0 radical (unpaired) electrons. The SMILES string of the molecule is CCOc1ccc(/C=N\NC(=O)c2cc(C(C)(C)C)[nH]n2)cc1CN1C[C@H]2C[C@@H](C1)c1cccc(=O)n1C2. The van der Waals surface area contributed by atoms with E-state index in [0.29, 0.717) is 24.1 Å². The number of hydrazone groups is 1. The molecular formula is C29H36N6O3. The van der Waals surface area contributed by atoms with Gasteiger partial charge in [0.25, 0.3) is 11.5 Å². The number of rotatable bonds is 7. The number of pyridine rings is 1. The van der Waals surface area contributed by atoms with E-state index in [1.165, 1.54) is 0 Å². The molecule has 1 aromatic carbocycles. The van der Waals surface area contributed by atoms with Gasteiger partial charge in [0.15, 0.2) is 5.69 Å². The molecule has 0 aliphatic carbocycles. The molecule has 2 aliphatic heterocycles. The molecule has 200 valence electrons. The molecule has 9 nitrogen and oxygen atoms in total. The van der Waals surface area contributed by atoms with Crippen molar-refractivity contribution in [1.29, 1.82) is 0 Å². The highest BCUT2D eigenvalue weighted by Crippen LogP contribution is 2.36. The first kappa shape index (κ1) is 25.9. The van der Waals surface area contributed by atoms with Crippen molar-refractivity contribution in [3.05, 3.63) is 81.0 Å². The maximum absolute atomic E-state index is 12.5. The minimum atomic E-state index is -0.363. The summed E-state index contributed by atoms with van der Waals surface area (Å²) in [5.41, 5.74) is 6.84. The molecule has 2 aliphatic rings. The molecule has 0 saturated carbocycles. The van der Waals surface area contributed by atoms with Gasteiger partial charge in [0.1, 0.15) is 5.75 Å². The Labute approximate surface area is 222 Å². The maximum atomic E-state index is 12.5. The summed E-state index contributed by atoms with van der Waals surface area (Å²) in [6.45, 7) is 12.1. The third kappa shape index (κ3) is 5.57. The fourth-order valence-electron chi connectivity index (χ4n) is 5.51. The van der Waals surface area contributed by atoms with Crippen LogP contribution in [0.2, 0.25) is 0 Å². The van der Waals surface area contributed by atoms with Crippen LogP contribution in [0.25, 0.3) is 0 Å². The lowest BCUT2D eigenvalue weighted by Gasteiger charge is -2.43. The van der Waals surface area contributed by atoms with Gasteiger partial charge in [0.2, 0.25) is 0 Å². The molecule has 2 bridgehead atoms. The highest BCUT2D eigenvalue weighted by atomic mass is 16.5. The van der Waals surface area contributed by atoms with Gasteiger partial charge in [-0.15, -0.1) is 0 Å². The molecule has 2 aromatic heterocycles. The third-order valence-electron chi connectivity index (χ3n) is 7.33. The highest BCUT2D eigenvalue weighted by molar-refractivity contribution is 5.93. The van der Waals surface area contributed by atoms with Crippen LogP contribution in [0.4, 0.5) is 0 Å². The number of benzene rings is 1. The van der Waals surface area contributed by atoms with Crippen molar-refractivity contribution in [2.75, 3.05) is 19.7 Å². The Hall–Kier alpha value is -3.72. The van der Waals surface area contributed by atoms with E-state index in [-0.39, 0.29) is 16.9 Å². The van der Waals surface area contributed by atoms with Gasteiger partial charge in [0, 0.05) is 60.5 Å². The number of amides is 1. The van der Waals surface area contributed by atoms with Crippen molar-refractivity contribution in [2.24, 2.45) is 11.0 Å². The van der Waals surface area contributed by atoms with Gasteiger partial charge in [-0.05, 0) is 55.2 Å². The number of ether oxygens (including phenoxy) is 1. The first-order valence-corrected chi connectivity index (χ1v) is 13.3. The van der Waals surface area contributed by atoms with Crippen LogP contribution < -0.4 is 15.7 Å². The van der Waals surface area contributed by atoms with E-state index < -0.39 is 0 Å².